The van der Waals surface area contributed by atoms with Gasteiger partial charge < -0.3 is 20.5 Å². The number of anilines is 1. The van der Waals surface area contributed by atoms with Crippen molar-refractivity contribution in [3.05, 3.63) is 23.6 Å². The quantitative estimate of drug-likeness (QED) is 0.871. The molecule has 1 aromatic carbocycles. The number of thiazole rings is 1. The summed E-state index contributed by atoms with van der Waals surface area (Å²) in [6.45, 7) is 1.62. The molecule has 120 valence electrons. The minimum absolute atomic E-state index is 0. The Balaban J connectivity index is 0.00000242. The Morgan fingerprint density at radius 2 is 2.00 bits per heavy atom. The molecule has 6 nitrogen and oxygen atoms in total. The Hall–Kier alpha value is -1.83. The molecule has 8 heteroatoms. The number of nitrogens with one attached hydrogen (secondary N) is 1. The van der Waals surface area contributed by atoms with E-state index in [2.05, 4.69) is 10.3 Å². The highest BCUT2D eigenvalue weighted by Gasteiger charge is 2.12. The zero-order valence-electron chi connectivity index (χ0n) is 12.5. The fraction of sp³-hybridized carbons (Fsp3) is 0.286. The van der Waals surface area contributed by atoms with E-state index < -0.39 is 6.04 Å². The van der Waals surface area contributed by atoms with Gasteiger partial charge in [0.25, 0.3) is 0 Å². The highest BCUT2D eigenvalue weighted by molar-refractivity contribution is 7.14. The molecule has 22 heavy (non-hydrogen) atoms. The second kappa shape index (κ2) is 7.98. The summed E-state index contributed by atoms with van der Waals surface area (Å²) in [5, 5.41) is 5.05. The van der Waals surface area contributed by atoms with Crippen LogP contribution < -0.4 is 20.5 Å². The predicted octanol–water partition coefficient (Wildman–Crippen LogP) is 2.53. The van der Waals surface area contributed by atoms with Gasteiger partial charge in [0, 0.05) is 10.9 Å². The molecule has 1 aromatic heterocycles. The lowest BCUT2D eigenvalue weighted by Crippen LogP contribution is -2.32. The number of halogens is 1. The molecule has 0 saturated carbocycles. The minimum atomic E-state index is -0.571. The van der Waals surface area contributed by atoms with Crippen LogP contribution in [0, 0.1) is 0 Å². The molecule has 0 aliphatic carbocycles. The lowest BCUT2D eigenvalue weighted by atomic mass is 10.1. The molecule has 1 heterocycles. The molecule has 1 amide bonds. The number of benzene rings is 1. The van der Waals surface area contributed by atoms with Crippen LogP contribution in [0.2, 0.25) is 0 Å². The van der Waals surface area contributed by atoms with Crippen LogP contribution in [0.5, 0.6) is 11.5 Å². The second-order valence-electron chi connectivity index (χ2n) is 4.39. The normalized spacial score (nSPS) is 11.3. The molecule has 2 rings (SSSR count). The number of amides is 1. The van der Waals surface area contributed by atoms with E-state index in [1.807, 2.05) is 23.6 Å². The molecule has 2 aromatic rings. The number of rotatable bonds is 5. The Bertz CT molecular complexity index is 646. The van der Waals surface area contributed by atoms with E-state index in [0.29, 0.717) is 16.6 Å². The molecule has 0 fully saturated rings. The van der Waals surface area contributed by atoms with Crippen molar-refractivity contribution in [2.24, 2.45) is 5.73 Å². The number of hydrogen-bond acceptors (Lipinski definition) is 6. The second-order valence-corrected chi connectivity index (χ2v) is 5.24. The van der Waals surface area contributed by atoms with E-state index in [1.165, 1.54) is 11.3 Å². The van der Waals surface area contributed by atoms with Crippen LogP contribution in [0.15, 0.2) is 23.6 Å². The third kappa shape index (κ3) is 4.09. The molecule has 3 N–H and O–H groups in total. The summed E-state index contributed by atoms with van der Waals surface area (Å²) in [4.78, 5) is 15.9. The average molecular weight is 344 g/mol. The van der Waals surface area contributed by atoms with Crippen LogP contribution in [0.3, 0.4) is 0 Å². The van der Waals surface area contributed by atoms with E-state index >= 15 is 0 Å². The SMILES string of the molecule is COc1ccc(-c2csc(NC(=O)[C@@H](C)N)n2)cc1OC.Cl. The first kappa shape index (κ1) is 18.2. The summed E-state index contributed by atoms with van der Waals surface area (Å²) in [6.07, 6.45) is 0. The van der Waals surface area contributed by atoms with Crippen LogP contribution in [0.1, 0.15) is 6.92 Å². The summed E-state index contributed by atoms with van der Waals surface area (Å²) < 4.78 is 10.5. The van der Waals surface area contributed by atoms with Gasteiger partial charge in [0.2, 0.25) is 5.91 Å². The molecular formula is C14H18ClN3O3S. The van der Waals surface area contributed by atoms with E-state index in [-0.39, 0.29) is 18.3 Å². The third-order valence-corrected chi connectivity index (χ3v) is 3.58. The topological polar surface area (TPSA) is 86.5 Å². The van der Waals surface area contributed by atoms with Gasteiger partial charge in [0.15, 0.2) is 16.6 Å². The van der Waals surface area contributed by atoms with Crippen molar-refractivity contribution in [2.75, 3.05) is 19.5 Å². The summed E-state index contributed by atoms with van der Waals surface area (Å²) in [5.41, 5.74) is 7.14. The van der Waals surface area contributed by atoms with Crippen LogP contribution in [-0.4, -0.2) is 31.2 Å². The Labute approximate surface area is 139 Å². The van der Waals surface area contributed by atoms with E-state index in [0.717, 1.165) is 11.3 Å². The van der Waals surface area contributed by atoms with Gasteiger partial charge in [-0.3, -0.25) is 4.79 Å². The number of methoxy groups -OCH3 is 2. The Morgan fingerprint density at radius 3 is 2.59 bits per heavy atom. The molecule has 0 aliphatic heterocycles. The molecule has 0 unspecified atom stereocenters. The highest BCUT2D eigenvalue weighted by Crippen LogP contribution is 2.33. The van der Waals surface area contributed by atoms with Crippen molar-refractivity contribution in [3.8, 4) is 22.8 Å². The van der Waals surface area contributed by atoms with E-state index in [4.69, 9.17) is 15.2 Å². The first-order chi connectivity index (χ1) is 10.0. The molecule has 0 bridgehead atoms. The predicted molar refractivity (Wildman–Crippen MR) is 90.2 cm³/mol. The van der Waals surface area contributed by atoms with Crippen molar-refractivity contribution in [3.63, 3.8) is 0 Å². The highest BCUT2D eigenvalue weighted by atomic mass is 35.5. The van der Waals surface area contributed by atoms with Crippen molar-refractivity contribution in [2.45, 2.75) is 13.0 Å². The molecule has 0 radical (unpaired) electrons. The van der Waals surface area contributed by atoms with Crippen molar-refractivity contribution in [1.29, 1.82) is 0 Å². The van der Waals surface area contributed by atoms with Gasteiger partial charge in [-0.1, -0.05) is 0 Å². The maximum absolute atomic E-state index is 11.5. The Morgan fingerprint density at radius 1 is 1.32 bits per heavy atom. The van der Waals surface area contributed by atoms with Gasteiger partial charge in [-0.25, -0.2) is 4.98 Å². The molecular weight excluding hydrogens is 326 g/mol. The standard InChI is InChI=1S/C14H17N3O3S.ClH/c1-8(15)13(18)17-14-16-10(7-21-14)9-4-5-11(19-2)12(6-9)20-3;/h4-8H,15H2,1-3H3,(H,16,17,18);1H/t8-;/m1./s1. The summed E-state index contributed by atoms with van der Waals surface area (Å²) in [5.74, 6) is 1.02. The summed E-state index contributed by atoms with van der Waals surface area (Å²) in [7, 11) is 3.17. The minimum Gasteiger partial charge on any atom is -0.493 e. The van der Waals surface area contributed by atoms with Crippen molar-refractivity contribution < 1.29 is 14.3 Å². The van der Waals surface area contributed by atoms with Gasteiger partial charge in [-0.2, -0.15) is 0 Å². The van der Waals surface area contributed by atoms with Gasteiger partial charge in [-0.15, -0.1) is 23.7 Å². The Kier molecular flexibility index (Phi) is 6.61. The molecule has 0 saturated heterocycles. The average Bonchev–Trinajstić information content (AvgIpc) is 2.94. The largest absolute Gasteiger partial charge is 0.493 e. The van der Waals surface area contributed by atoms with E-state index in [1.54, 1.807) is 21.1 Å². The lowest BCUT2D eigenvalue weighted by Gasteiger charge is -2.08. The van der Waals surface area contributed by atoms with Gasteiger partial charge >= 0.3 is 0 Å². The maximum atomic E-state index is 11.5. The number of hydrogen-bond donors (Lipinski definition) is 2. The van der Waals surface area contributed by atoms with Gasteiger partial charge in [0.1, 0.15) is 0 Å². The molecule has 0 spiro atoms. The number of aromatic nitrogens is 1. The number of nitrogens with two attached hydrogens (primary N) is 1. The number of carbonyl (C=O) groups is 1. The van der Waals surface area contributed by atoms with Gasteiger partial charge in [0.05, 0.1) is 26.0 Å². The first-order valence-corrected chi connectivity index (χ1v) is 7.17. The van der Waals surface area contributed by atoms with Crippen LogP contribution in [0.25, 0.3) is 11.3 Å². The van der Waals surface area contributed by atoms with Crippen LogP contribution in [0.4, 0.5) is 5.13 Å². The fourth-order valence-corrected chi connectivity index (χ4v) is 2.40. The monoisotopic (exact) mass is 343 g/mol. The fourth-order valence-electron chi connectivity index (χ4n) is 1.68. The molecule has 1 atom stereocenters. The lowest BCUT2D eigenvalue weighted by molar-refractivity contribution is -0.117. The zero-order valence-corrected chi connectivity index (χ0v) is 14.1. The van der Waals surface area contributed by atoms with Crippen molar-refractivity contribution in [1.82, 2.24) is 4.98 Å². The first-order valence-electron chi connectivity index (χ1n) is 6.29. The van der Waals surface area contributed by atoms with Gasteiger partial charge in [-0.05, 0) is 25.1 Å². The maximum Gasteiger partial charge on any atom is 0.242 e. The van der Waals surface area contributed by atoms with Crippen LogP contribution >= 0.6 is 23.7 Å². The number of nitrogens with zero attached hydrogens (tertiary/aromatic N) is 1. The van der Waals surface area contributed by atoms with Crippen molar-refractivity contribution >= 4 is 34.8 Å². The third-order valence-electron chi connectivity index (χ3n) is 2.83. The van der Waals surface area contributed by atoms with E-state index in [9.17, 15) is 4.79 Å². The smallest absolute Gasteiger partial charge is 0.242 e. The zero-order chi connectivity index (χ0) is 15.4. The summed E-state index contributed by atoms with van der Waals surface area (Å²) in [6, 6.07) is 4.96. The number of carbonyl (C=O) groups excluding carboxylic acids is 1. The number of ether oxygens (including phenoxy) is 2. The summed E-state index contributed by atoms with van der Waals surface area (Å²) >= 11 is 1.34. The van der Waals surface area contributed by atoms with Crippen LogP contribution in [-0.2, 0) is 4.79 Å². The molecule has 0 aliphatic rings.